The first-order valence-corrected chi connectivity index (χ1v) is 13.9. The van der Waals surface area contributed by atoms with E-state index in [1.54, 1.807) is 0 Å². The van der Waals surface area contributed by atoms with Crippen LogP contribution in [-0.4, -0.2) is 23.9 Å². The fraction of sp³-hybridized carbons (Fsp3) is 0.0278. The third kappa shape index (κ3) is 2.63. The second-order valence-electron chi connectivity index (χ2n) is 10.9. The van der Waals surface area contributed by atoms with Crippen molar-refractivity contribution >= 4 is 60.3 Å². The van der Waals surface area contributed by atoms with Gasteiger partial charge in [0.15, 0.2) is 5.65 Å². The molecule has 5 nitrogen and oxygen atoms in total. The normalized spacial score (nSPS) is 12.8. The van der Waals surface area contributed by atoms with Crippen molar-refractivity contribution in [2.75, 3.05) is 0 Å². The average molecular weight is 524 g/mol. The Morgan fingerprint density at radius 2 is 1.37 bits per heavy atom. The first-order chi connectivity index (χ1) is 20.4. The summed E-state index contributed by atoms with van der Waals surface area (Å²) in [5.74, 6) is 0. The average Bonchev–Trinajstić information content (AvgIpc) is 3.71. The van der Waals surface area contributed by atoms with E-state index < -0.39 is 0 Å². The van der Waals surface area contributed by atoms with Crippen molar-refractivity contribution in [3.05, 3.63) is 127 Å². The van der Waals surface area contributed by atoms with Crippen molar-refractivity contribution in [3.63, 3.8) is 0 Å². The van der Waals surface area contributed by atoms with Crippen LogP contribution in [0.3, 0.4) is 0 Å². The van der Waals surface area contributed by atoms with Gasteiger partial charge in [-0.2, -0.15) is 0 Å². The number of pyridine rings is 3. The quantitative estimate of drug-likeness (QED) is 0.204. The fourth-order valence-corrected chi connectivity index (χ4v) is 7.28. The second-order valence-corrected chi connectivity index (χ2v) is 10.9. The minimum absolute atomic E-state index is 0.763. The molecular formula is C36H21N5. The monoisotopic (exact) mass is 523 g/mol. The zero-order valence-electron chi connectivity index (χ0n) is 21.9. The van der Waals surface area contributed by atoms with Crippen molar-refractivity contribution in [1.29, 1.82) is 0 Å². The van der Waals surface area contributed by atoms with Crippen LogP contribution in [0.4, 0.5) is 0 Å². The predicted octanol–water partition coefficient (Wildman–Crippen LogP) is 8.25. The van der Waals surface area contributed by atoms with Crippen molar-refractivity contribution < 1.29 is 0 Å². The Morgan fingerprint density at radius 1 is 0.561 bits per heavy atom. The van der Waals surface area contributed by atoms with Crippen molar-refractivity contribution in [2.24, 2.45) is 0 Å². The van der Waals surface area contributed by atoms with Crippen molar-refractivity contribution in [1.82, 2.24) is 23.9 Å². The van der Waals surface area contributed by atoms with Gasteiger partial charge >= 0.3 is 0 Å². The Balaban J connectivity index is 1.34. The molecule has 0 saturated carbocycles. The molecule has 9 aromatic rings. The molecule has 41 heavy (non-hydrogen) atoms. The number of benzene rings is 4. The lowest BCUT2D eigenvalue weighted by atomic mass is 9.98. The molecule has 0 amide bonds. The Kier molecular flexibility index (Phi) is 3.92. The van der Waals surface area contributed by atoms with Crippen LogP contribution < -0.4 is 0 Å². The fourth-order valence-electron chi connectivity index (χ4n) is 7.28. The summed E-state index contributed by atoms with van der Waals surface area (Å²) in [6, 6.07) is 34.8. The number of aromatic nitrogens is 5. The molecule has 0 saturated heterocycles. The highest BCUT2D eigenvalue weighted by molar-refractivity contribution is 6.19. The molecule has 0 unspecified atom stereocenters. The van der Waals surface area contributed by atoms with E-state index in [-0.39, 0.29) is 0 Å². The number of imidazole rings is 1. The summed E-state index contributed by atoms with van der Waals surface area (Å²) in [7, 11) is 0. The minimum atomic E-state index is 0.763. The van der Waals surface area contributed by atoms with Gasteiger partial charge in [0.2, 0.25) is 0 Å². The number of para-hydroxylation sites is 2. The van der Waals surface area contributed by atoms with Gasteiger partial charge in [-0.1, -0.05) is 54.6 Å². The predicted molar refractivity (Wildman–Crippen MR) is 166 cm³/mol. The first-order valence-electron chi connectivity index (χ1n) is 13.9. The van der Waals surface area contributed by atoms with Crippen molar-refractivity contribution in [2.45, 2.75) is 6.42 Å². The van der Waals surface area contributed by atoms with Gasteiger partial charge in [-0.3, -0.25) is 9.38 Å². The minimum Gasteiger partial charge on any atom is -0.309 e. The highest BCUT2D eigenvalue weighted by atomic mass is 15.1. The molecule has 0 aliphatic heterocycles. The Labute approximate surface area is 234 Å². The molecule has 0 N–H and O–H groups in total. The standard InChI is InChI=1S/C36H21N5/c1-2-7-21(8-3-1)40-29-10-5-4-9-25(29)33-26-19-27-22(23(26)14-15-31(33)40)12-13-24-28-20-37-18-16-30(28)41-32-11-6-17-38-35(32)39-36(41)34(24)27/h1-18,20H,19H2. The van der Waals surface area contributed by atoms with Gasteiger partial charge in [-0.05, 0) is 70.1 Å². The molecule has 0 radical (unpaired) electrons. The van der Waals surface area contributed by atoms with Gasteiger partial charge in [0, 0.05) is 52.2 Å². The summed E-state index contributed by atoms with van der Waals surface area (Å²) in [6.07, 6.45) is 6.51. The molecule has 190 valence electrons. The number of fused-ring (bicyclic) bond motifs is 16. The van der Waals surface area contributed by atoms with E-state index in [4.69, 9.17) is 4.98 Å². The third-order valence-corrected chi connectivity index (χ3v) is 8.90. The zero-order valence-corrected chi connectivity index (χ0v) is 21.9. The van der Waals surface area contributed by atoms with Gasteiger partial charge in [0.1, 0.15) is 5.65 Å². The lowest BCUT2D eigenvalue weighted by Gasteiger charge is -2.12. The Bertz CT molecular complexity index is 2550. The summed E-state index contributed by atoms with van der Waals surface area (Å²) < 4.78 is 4.66. The van der Waals surface area contributed by atoms with Gasteiger partial charge in [-0.15, -0.1) is 0 Å². The summed E-state index contributed by atoms with van der Waals surface area (Å²) in [4.78, 5) is 14.3. The maximum absolute atomic E-state index is 5.12. The van der Waals surface area contributed by atoms with Gasteiger partial charge in [-0.25, -0.2) is 9.97 Å². The topological polar surface area (TPSA) is 48.0 Å². The summed E-state index contributed by atoms with van der Waals surface area (Å²) in [5.41, 5.74) is 12.8. The maximum atomic E-state index is 5.12. The highest BCUT2D eigenvalue weighted by Gasteiger charge is 2.28. The lowest BCUT2D eigenvalue weighted by Crippen LogP contribution is -1.95. The van der Waals surface area contributed by atoms with Gasteiger partial charge < -0.3 is 4.57 Å². The van der Waals surface area contributed by atoms with Crippen LogP contribution in [0.1, 0.15) is 11.1 Å². The largest absolute Gasteiger partial charge is 0.309 e. The molecule has 10 rings (SSSR count). The van der Waals surface area contributed by atoms with E-state index in [9.17, 15) is 0 Å². The molecule has 0 spiro atoms. The lowest BCUT2D eigenvalue weighted by molar-refractivity contribution is 1.18. The zero-order chi connectivity index (χ0) is 26.7. The van der Waals surface area contributed by atoms with Crippen LogP contribution in [0.25, 0.3) is 77.1 Å². The van der Waals surface area contributed by atoms with Crippen LogP contribution in [0.5, 0.6) is 0 Å². The smallest absolute Gasteiger partial charge is 0.178 e. The highest BCUT2D eigenvalue weighted by Crippen LogP contribution is 2.48. The van der Waals surface area contributed by atoms with Crippen LogP contribution >= 0.6 is 0 Å². The molecular weight excluding hydrogens is 502 g/mol. The first kappa shape index (κ1) is 21.3. The number of nitrogens with zero attached hydrogens (tertiary/aromatic N) is 5. The molecule has 0 fully saturated rings. The number of rotatable bonds is 1. The summed E-state index contributed by atoms with van der Waals surface area (Å²) >= 11 is 0. The SMILES string of the molecule is c1ccc(-n2c3ccccc3c3c4c(ccc32)-c2ccc3c5cnccc5n5c6cccnc6nc5c3c2C4)cc1. The Hall–Kier alpha value is -5.55. The van der Waals surface area contributed by atoms with Crippen LogP contribution in [0, 0.1) is 0 Å². The summed E-state index contributed by atoms with van der Waals surface area (Å²) in [5, 5.41) is 6.13. The van der Waals surface area contributed by atoms with E-state index in [0.29, 0.717) is 0 Å². The maximum Gasteiger partial charge on any atom is 0.178 e. The van der Waals surface area contributed by atoms with E-state index in [2.05, 4.69) is 110 Å². The number of hydrogen-bond acceptors (Lipinski definition) is 3. The van der Waals surface area contributed by atoms with Crippen molar-refractivity contribution in [3.8, 4) is 16.8 Å². The second kappa shape index (κ2) is 7.55. The van der Waals surface area contributed by atoms with E-state index in [1.165, 1.54) is 60.5 Å². The molecule has 5 aromatic heterocycles. The van der Waals surface area contributed by atoms with E-state index in [1.807, 2.05) is 24.7 Å². The molecule has 0 bridgehead atoms. The molecule has 5 heteroatoms. The molecule has 4 aromatic carbocycles. The van der Waals surface area contributed by atoms with Crippen LogP contribution in [0.15, 0.2) is 116 Å². The summed E-state index contributed by atoms with van der Waals surface area (Å²) in [6.45, 7) is 0. The third-order valence-electron chi connectivity index (χ3n) is 8.90. The van der Waals surface area contributed by atoms with E-state index >= 15 is 0 Å². The molecule has 0 atom stereocenters. The van der Waals surface area contributed by atoms with Crippen LogP contribution in [0.2, 0.25) is 0 Å². The molecule has 5 heterocycles. The number of hydrogen-bond donors (Lipinski definition) is 0. The van der Waals surface area contributed by atoms with E-state index in [0.717, 1.165) is 34.1 Å². The van der Waals surface area contributed by atoms with Crippen LogP contribution in [-0.2, 0) is 6.42 Å². The van der Waals surface area contributed by atoms with Gasteiger partial charge in [0.25, 0.3) is 0 Å². The molecule has 1 aliphatic rings. The van der Waals surface area contributed by atoms with Gasteiger partial charge in [0.05, 0.1) is 22.1 Å². The Morgan fingerprint density at radius 3 is 2.29 bits per heavy atom. The molecule has 1 aliphatic carbocycles.